The first-order valence-corrected chi connectivity index (χ1v) is 8.45. The molecule has 0 radical (unpaired) electrons. The molecule has 1 aliphatic heterocycles. The molecule has 23 heavy (non-hydrogen) atoms. The number of rotatable bonds is 7. The van der Waals surface area contributed by atoms with Gasteiger partial charge in [-0.1, -0.05) is 13.0 Å². The molecule has 0 saturated carbocycles. The fourth-order valence-electron chi connectivity index (χ4n) is 3.01. The molecule has 1 amide bonds. The first-order valence-electron chi connectivity index (χ1n) is 8.45. The number of halogens is 1. The summed E-state index contributed by atoms with van der Waals surface area (Å²) in [6, 6.07) is 4.88. The Kier molecular flexibility index (Phi) is 6.84. The number of nitrogens with one attached hydrogen (secondary N) is 1. The third-order valence-electron chi connectivity index (χ3n) is 4.49. The molecule has 0 aliphatic carbocycles. The quantitative estimate of drug-likeness (QED) is 0.839. The molecule has 1 aromatic rings. The summed E-state index contributed by atoms with van der Waals surface area (Å²) >= 11 is 0. The van der Waals surface area contributed by atoms with Crippen LogP contribution in [0.3, 0.4) is 0 Å². The largest absolute Gasteiger partial charge is 0.494 e. The zero-order valence-electron chi connectivity index (χ0n) is 14.1. The van der Waals surface area contributed by atoms with Crippen LogP contribution in [0.25, 0.3) is 0 Å². The third-order valence-corrected chi connectivity index (χ3v) is 4.49. The highest BCUT2D eigenvalue weighted by Crippen LogP contribution is 2.20. The minimum atomic E-state index is -0.373. The first kappa shape index (κ1) is 17.7. The lowest BCUT2D eigenvalue weighted by Crippen LogP contribution is -2.40. The lowest BCUT2D eigenvalue weighted by atomic mass is 9.96. The second-order valence-corrected chi connectivity index (χ2v) is 6.10. The van der Waals surface area contributed by atoms with E-state index >= 15 is 0 Å². The normalized spacial score (nSPS) is 15.7. The summed E-state index contributed by atoms with van der Waals surface area (Å²) in [5.74, 6) is 0.710. The average Bonchev–Trinajstić information content (AvgIpc) is 2.58. The summed E-state index contributed by atoms with van der Waals surface area (Å²) in [6.07, 6.45) is 3.13. The Hall–Kier alpha value is -1.62. The minimum absolute atomic E-state index is 0.170. The molecule has 0 spiro atoms. The molecule has 4 nitrogen and oxygen atoms in total. The van der Waals surface area contributed by atoms with Crippen LogP contribution < -0.4 is 10.1 Å². The maximum absolute atomic E-state index is 13.6. The van der Waals surface area contributed by atoms with E-state index in [1.807, 2.05) is 11.0 Å². The summed E-state index contributed by atoms with van der Waals surface area (Å²) in [5.41, 5.74) is 0.832. The van der Waals surface area contributed by atoms with Crippen LogP contribution in [0.1, 0.15) is 31.7 Å². The van der Waals surface area contributed by atoms with Crippen LogP contribution in [-0.4, -0.2) is 44.1 Å². The van der Waals surface area contributed by atoms with E-state index in [1.54, 1.807) is 6.07 Å². The van der Waals surface area contributed by atoms with Crippen molar-refractivity contribution >= 4 is 5.91 Å². The van der Waals surface area contributed by atoms with Crippen LogP contribution in [0.5, 0.6) is 5.75 Å². The molecule has 1 N–H and O–H groups in total. The van der Waals surface area contributed by atoms with Gasteiger partial charge in [0.25, 0.3) is 0 Å². The van der Waals surface area contributed by atoms with Crippen LogP contribution in [0.2, 0.25) is 0 Å². The van der Waals surface area contributed by atoms with Crippen molar-refractivity contribution in [3.63, 3.8) is 0 Å². The summed E-state index contributed by atoms with van der Waals surface area (Å²) in [5, 5.41) is 3.37. The van der Waals surface area contributed by atoms with Gasteiger partial charge in [0, 0.05) is 19.5 Å². The highest BCUT2D eigenvalue weighted by atomic mass is 19.1. The van der Waals surface area contributed by atoms with Gasteiger partial charge in [-0.25, -0.2) is 4.39 Å². The van der Waals surface area contributed by atoms with Gasteiger partial charge in [-0.05, 0) is 56.0 Å². The van der Waals surface area contributed by atoms with E-state index in [9.17, 15) is 9.18 Å². The number of piperidine rings is 1. The van der Waals surface area contributed by atoms with Crippen LogP contribution in [0, 0.1) is 11.7 Å². The molecule has 5 heteroatoms. The Morgan fingerprint density at radius 1 is 1.39 bits per heavy atom. The standard InChI is InChI=1S/C18H27FN2O2/c1-3-20-13-15-8-10-21(11-9-15)18(22)7-5-14-4-6-17(23-2)16(19)12-14/h4,6,12,15,20H,3,5,7-11,13H2,1-2H3. The molecular formula is C18H27FN2O2. The van der Waals surface area contributed by atoms with E-state index < -0.39 is 0 Å². The molecule has 1 heterocycles. The second kappa shape index (κ2) is 8.87. The van der Waals surface area contributed by atoms with E-state index in [2.05, 4.69) is 12.2 Å². The Labute approximate surface area is 138 Å². The molecule has 128 valence electrons. The number of carbonyl (C=O) groups is 1. The molecule has 1 saturated heterocycles. The molecule has 0 aromatic heterocycles. The van der Waals surface area contributed by atoms with Gasteiger partial charge in [-0.3, -0.25) is 4.79 Å². The van der Waals surface area contributed by atoms with Gasteiger partial charge in [-0.15, -0.1) is 0 Å². The Bertz CT molecular complexity index is 514. The van der Waals surface area contributed by atoms with E-state index in [1.165, 1.54) is 13.2 Å². The van der Waals surface area contributed by atoms with E-state index in [0.29, 0.717) is 18.8 Å². The number of methoxy groups -OCH3 is 1. The van der Waals surface area contributed by atoms with Crippen LogP contribution >= 0.6 is 0 Å². The van der Waals surface area contributed by atoms with Gasteiger partial charge in [0.2, 0.25) is 5.91 Å². The summed E-state index contributed by atoms with van der Waals surface area (Å²) in [6.45, 7) is 5.83. The average molecular weight is 322 g/mol. The van der Waals surface area contributed by atoms with Gasteiger partial charge in [0.15, 0.2) is 11.6 Å². The fourth-order valence-corrected chi connectivity index (χ4v) is 3.01. The van der Waals surface area contributed by atoms with Gasteiger partial charge in [-0.2, -0.15) is 0 Å². The third kappa shape index (κ3) is 5.20. The maximum Gasteiger partial charge on any atom is 0.222 e. The topological polar surface area (TPSA) is 41.6 Å². The number of carbonyl (C=O) groups excluding carboxylic acids is 1. The second-order valence-electron chi connectivity index (χ2n) is 6.10. The predicted octanol–water partition coefficient (Wildman–Crippen LogP) is 2.62. The number of benzene rings is 1. The van der Waals surface area contributed by atoms with Crippen molar-refractivity contribution < 1.29 is 13.9 Å². The highest BCUT2D eigenvalue weighted by molar-refractivity contribution is 5.76. The fraction of sp³-hybridized carbons (Fsp3) is 0.611. The molecule has 0 atom stereocenters. The Balaban J connectivity index is 1.76. The summed E-state index contributed by atoms with van der Waals surface area (Å²) in [4.78, 5) is 14.2. The van der Waals surface area contributed by atoms with Crippen molar-refractivity contribution in [1.29, 1.82) is 0 Å². The number of aryl methyl sites for hydroxylation is 1. The van der Waals surface area contributed by atoms with Crippen LogP contribution in [0.4, 0.5) is 4.39 Å². The molecule has 2 rings (SSSR count). The molecular weight excluding hydrogens is 295 g/mol. The number of likely N-dealkylation sites (tertiary alicyclic amines) is 1. The number of amides is 1. The van der Waals surface area contributed by atoms with Gasteiger partial charge < -0.3 is 15.0 Å². The Morgan fingerprint density at radius 3 is 2.74 bits per heavy atom. The van der Waals surface area contributed by atoms with Gasteiger partial charge in [0.1, 0.15) is 0 Å². The monoisotopic (exact) mass is 322 g/mol. The first-order chi connectivity index (χ1) is 11.1. The van der Waals surface area contributed by atoms with Crippen molar-refractivity contribution in [1.82, 2.24) is 10.2 Å². The van der Waals surface area contributed by atoms with Gasteiger partial charge >= 0.3 is 0 Å². The van der Waals surface area contributed by atoms with E-state index in [-0.39, 0.29) is 17.5 Å². The van der Waals surface area contributed by atoms with Crippen molar-refractivity contribution in [2.75, 3.05) is 33.3 Å². The van der Waals surface area contributed by atoms with E-state index in [0.717, 1.165) is 44.6 Å². The van der Waals surface area contributed by atoms with E-state index in [4.69, 9.17) is 4.74 Å². The lowest BCUT2D eigenvalue weighted by Gasteiger charge is -2.32. The number of hydrogen-bond donors (Lipinski definition) is 1. The maximum atomic E-state index is 13.6. The number of ether oxygens (including phenoxy) is 1. The zero-order valence-corrected chi connectivity index (χ0v) is 14.1. The van der Waals surface area contributed by atoms with Crippen molar-refractivity contribution in [3.05, 3.63) is 29.6 Å². The molecule has 0 bridgehead atoms. The SMILES string of the molecule is CCNCC1CCN(C(=O)CCc2ccc(OC)c(F)c2)CC1. The summed E-state index contributed by atoms with van der Waals surface area (Å²) < 4.78 is 18.6. The van der Waals surface area contributed by atoms with Gasteiger partial charge in [0.05, 0.1) is 7.11 Å². The highest BCUT2D eigenvalue weighted by Gasteiger charge is 2.22. The number of nitrogens with zero attached hydrogens (tertiary/aromatic N) is 1. The number of hydrogen-bond acceptors (Lipinski definition) is 3. The molecule has 0 unspecified atom stereocenters. The predicted molar refractivity (Wildman–Crippen MR) is 89.1 cm³/mol. The van der Waals surface area contributed by atoms with Crippen molar-refractivity contribution in [2.45, 2.75) is 32.6 Å². The molecule has 1 fully saturated rings. The van der Waals surface area contributed by atoms with Crippen molar-refractivity contribution in [3.8, 4) is 5.75 Å². The Morgan fingerprint density at radius 2 is 2.13 bits per heavy atom. The molecule has 1 aliphatic rings. The molecule has 1 aromatic carbocycles. The zero-order chi connectivity index (χ0) is 16.7. The van der Waals surface area contributed by atoms with Crippen LogP contribution in [-0.2, 0) is 11.2 Å². The van der Waals surface area contributed by atoms with Crippen molar-refractivity contribution in [2.24, 2.45) is 5.92 Å². The smallest absolute Gasteiger partial charge is 0.222 e. The minimum Gasteiger partial charge on any atom is -0.494 e. The lowest BCUT2D eigenvalue weighted by molar-refractivity contribution is -0.132. The summed E-state index contributed by atoms with van der Waals surface area (Å²) in [7, 11) is 1.45. The van der Waals surface area contributed by atoms with Crippen LogP contribution in [0.15, 0.2) is 18.2 Å².